The quantitative estimate of drug-likeness (QED) is 0.882. The van der Waals surface area contributed by atoms with Crippen LogP contribution >= 0.6 is 0 Å². The summed E-state index contributed by atoms with van der Waals surface area (Å²) in [4.78, 5) is 6.69. The van der Waals surface area contributed by atoms with Crippen molar-refractivity contribution in [2.45, 2.75) is 31.7 Å². The predicted octanol–water partition coefficient (Wildman–Crippen LogP) is 2.28. The van der Waals surface area contributed by atoms with Crippen molar-refractivity contribution in [3.05, 3.63) is 36.2 Å². The molecule has 1 saturated carbocycles. The molecule has 0 aromatic carbocycles. The summed E-state index contributed by atoms with van der Waals surface area (Å²) in [5.41, 5.74) is 0. The summed E-state index contributed by atoms with van der Waals surface area (Å²) in [7, 11) is 0. The van der Waals surface area contributed by atoms with Gasteiger partial charge in [-0.15, -0.1) is 10.2 Å². The first-order chi connectivity index (χ1) is 10.9. The summed E-state index contributed by atoms with van der Waals surface area (Å²) < 4.78 is 5.74. The third kappa shape index (κ3) is 3.27. The van der Waals surface area contributed by atoms with E-state index in [0.717, 1.165) is 43.8 Å². The predicted molar refractivity (Wildman–Crippen MR) is 82.4 cm³/mol. The minimum absolute atomic E-state index is 0.537. The fourth-order valence-corrected chi connectivity index (χ4v) is 2.96. The van der Waals surface area contributed by atoms with E-state index in [2.05, 4.69) is 25.4 Å². The molecule has 22 heavy (non-hydrogen) atoms. The number of hydrogen-bond donors (Lipinski definition) is 1. The van der Waals surface area contributed by atoms with Crippen molar-refractivity contribution >= 4 is 5.82 Å². The molecule has 1 aliphatic heterocycles. The number of aromatic nitrogens is 3. The molecule has 116 valence electrons. The van der Waals surface area contributed by atoms with Crippen LogP contribution in [0.15, 0.2) is 28.8 Å². The molecule has 0 spiro atoms. The first kappa shape index (κ1) is 13.7. The highest BCUT2D eigenvalue weighted by Gasteiger charge is 2.30. The molecule has 2 aliphatic rings. The Hall–Kier alpha value is -1.95. The van der Waals surface area contributed by atoms with Crippen molar-refractivity contribution < 1.29 is 4.42 Å². The average molecular weight is 299 g/mol. The van der Waals surface area contributed by atoms with Crippen LogP contribution in [0.25, 0.3) is 0 Å². The molecule has 2 aromatic rings. The van der Waals surface area contributed by atoms with Gasteiger partial charge in [0.25, 0.3) is 0 Å². The second-order valence-electron chi connectivity index (χ2n) is 6.29. The molecular weight excluding hydrogens is 278 g/mol. The molecule has 4 rings (SSSR count). The molecule has 6 nitrogen and oxygen atoms in total. The molecule has 1 aliphatic carbocycles. The number of pyridine rings is 1. The first-order valence-electron chi connectivity index (χ1n) is 8.06. The van der Waals surface area contributed by atoms with E-state index in [1.54, 1.807) is 0 Å². The van der Waals surface area contributed by atoms with E-state index < -0.39 is 0 Å². The maximum Gasteiger partial charge on any atom is 0.230 e. The van der Waals surface area contributed by atoms with Gasteiger partial charge in [-0.3, -0.25) is 4.90 Å². The van der Waals surface area contributed by atoms with E-state index >= 15 is 0 Å². The molecule has 0 unspecified atom stereocenters. The zero-order valence-electron chi connectivity index (χ0n) is 12.6. The molecule has 0 amide bonds. The summed E-state index contributed by atoms with van der Waals surface area (Å²) in [5, 5.41) is 11.7. The van der Waals surface area contributed by atoms with Crippen LogP contribution in [0, 0.1) is 5.92 Å². The molecule has 0 radical (unpaired) electrons. The molecule has 1 saturated heterocycles. The van der Waals surface area contributed by atoms with E-state index in [-0.39, 0.29) is 0 Å². The van der Waals surface area contributed by atoms with E-state index in [1.165, 1.54) is 19.3 Å². The Labute approximate surface area is 129 Å². The highest BCUT2D eigenvalue weighted by molar-refractivity contribution is 5.33. The number of nitrogens with one attached hydrogen (secondary N) is 1. The summed E-state index contributed by atoms with van der Waals surface area (Å²) >= 11 is 0. The summed E-state index contributed by atoms with van der Waals surface area (Å²) in [6, 6.07) is 5.94. The molecule has 1 atom stereocenters. The highest BCUT2D eigenvalue weighted by Crippen LogP contribution is 2.39. The van der Waals surface area contributed by atoms with Crippen LogP contribution in [-0.2, 0) is 6.54 Å². The highest BCUT2D eigenvalue weighted by atomic mass is 16.4. The lowest BCUT2D eigenvalue weighted by Gasteiger charge is -2.14. The molecular formula is C16H21N5O. The van der Waals surface area contributed by atoms with Gasteiger partial charge in [0.05, 0.1) is 6.54 Å². The smallest absolute Gasteiger partial charge is 0.230 e. The standard InChI is InChI=1S/C16H21N5O/c1-2-7-17-14(3-1)18-9-12-6-8-21(10-12)11-15-19-20-16(22-15)13-4-5-13/h1-3,7,12-13H,4-6,8-11H2,(H,17,18)/t12-/m0/s1. The first-order valence-corrected chi connectivity index (χ1v) is 8.06. The van der Waals surface area contributed by atoms with Crippen LogP contribution in [0.2, 0.25) is 0 Å². The monoisotopic (exact) mass is 299 g/mol. The largest absolute Gasteiger partial charge is 0.424 e. The van der Waals surface area contributed by atoms with Crippen LogP contribution in [0.4, 0.5) is 5.82 Å². The van der Waals surface area contributed by atoms with E-state index in [0.29, 0.717) is 11.8 Å². The molecule has 2 fully saturated rings. The molecule has 6 heteroatoms. The molecule has 1 N–H and O–H groups in total. The fourth-order valence-electron chi connectivity index (χ4n) is 2.96. The molecule has 3 heterocycles. The number of anilines is 1. The van der Waals surface area contributed by atoms with Crippen molar-refractivity contribution in [2.24, 2.45) is 5.92 Å². The Morgan fingerprint density at radius 1 is 1.23 bits per heavy atom. The van der Waals surface area contributed by atoms with Gasteiger partial charge in [-0.2, -0.15) is 0 Å². The van der Waals surface area contributed by atoms with Gasteiger partial charge in [0.15, 0.2) is 0 Å². The lowest BCUT2D eigenvalue weighted by molar-refractivity contribution is 0.278. The van der Waals surface area contributed by atoms with Gasteiger partial charge in [-0.05, 0) is 43.9 Å². The van der Waals surface area contributed by atoms with Gasteiger partial charge >= 0.3 is 0 Å². The van der Waals surface area contributed by atoms with Crippen molar-refractivity contribution in [1.82, 2.24) is 20.1 Å². The van der Waals surface area contributed by atoms with Crippen molar-refractivity contribution in [2.75, 3.05) is 25.0 Å². The van der Waals surface area contributed by atoms with Crippen molar-refractivity contribution in [3.8, 4) is 0 Å². The van der Waals surface area contributed by atoms with Gasteiger partial charge in [0, 0.05) is 25.2 Å². The topological polar surface area (TPSA) is 67.1 Å². The van der Waals surface area contributed by atoms with Gasteiger partial charge < -0.3 is 9.73 Å². The molecule has 2 aromatic heterocycles. The van der Waals surface area contributed by atoms with Gasteiger partial charge in [0.2, 0.25) is 11.8 Å². The normalized spacial score (nSPS) is 22.1. The van der Waals surface area contributed by atoms with Gasteiger partial charge in [-0.1, -0.05) is 6.07 Å². The van der Waals surface area contributed by atoms with Crippen molar-refractivity contribution in [3.63, 3.8) is 0 Å². The van der Waals surface area contributed by atoms with Crippen LogP contribution in [0.5, 0.6) is 0 Å². The number of hydrogen-bond acceptors (Lipinski definition) is 6. The van der Waals surface area contributed by atoms with E-state index in [1.807, 2.05) is 24.4 Å². The Morgan fingerprint density at radius 3 is 3.00 bits per heavy atom. The third-order valence-electron chi connectivity index (χ3n) is 4.37. The number of nitrogens with zero attached hydrogens (tertiary/aromatic N) is 4. The SMILES string of the molecule is c1ccc(NC[C@@H]2CCN(Cc3nnc(C4CC4)o3)C2)nc1. The van der Waals surface area contributed by atoms with Crippen LogP contribution < -0.4 is 5.32 Å². The zero-order valence-corrected chi connectivity index (χ0v) is 12.6. The number of rotatable bonds is 6. The van der Waals surface area contributed by atoms with Crippen LogP contribution in [0.3, 0.4) is 0 Å². The summed E-state index contributed by atoms with van der Waals surface area (Å²) in [6.45, 7) is 3.90. The average Bonchev–Trinajstić information content (AvgIpc) is 3.14. The van der Waals surface area contributed by atoms with Gasteiger partial charge in [-0.25, -0.2) is 4.98 Å². The maximum absolute atomic E-state index is 5.74. The minimum atomic E-state index is 0.537. The Balaban J connectivity index is 1.25. The number of likely N-dealkylation sites (tertiary alicyclic amines) is 1. The molecule has 0 bridgehead atoms. The maximum atomic E-state index is 5.74. The van der Waals surface area contributed by atoms with E-state index in [4.69, 9.17) is 4.42 Å². The lowest BCUT2D eigenvalue weighted by atomic mass is 10.1. The van der Waals surface area contributed by atoms with E-state index in [9.17, 15) is 0 Å². The minimum Gasteiger partial charge on any atom is -0.424 e. The van der Waals surface area contributed by atoms with Gasteiger partial charge in [0.1, 0.15) is 5.82 Å². The Morgan fingerprint density at radius 2 is 2.18 bits per heavy atom. The lowest BCUT2D eigenvalue weighted by Crippen LogP contribution is -2.23. The third-order valence-corrected chi connectivity index (χ3v) is 4.37. The second-order valence-corrected chi connectivity index (χ2v) is 6.29. The zero-order chi connectivity index (χ0) is 14.8. The second kappa shape index (κ2) is 6.04. The summed E-state index contributed by atoms with van der Waals surface area (Å²) in [6.07, 6.45) is 5.42. The van der Waals surface area contributed by atoms with Crippen LogP contribution in [0.1, 0.15) is 37.0 Å². The van der Waals surface area contributed by atoms with Crippen molar-refractivity contribution in [1.29, 1.82) is 0 Å². The fraction of sp³-hybridized carbons (Fsp3) is 0.562. The summed E-state index contributed by atoms with van der Waals surface area (Å²) in [5.74, 6) is 3.73. The van der Waals surface area contributed by atoms with Crippen LogP contribution in [-0.4, -0.2) is 39.7 Å². The Kier molecular flexibility index (Phi) is 3.76. The Bertz CT molecular complexity index is 610.